The molecule has 4 rings (SSSR count). The number of thioether (sulfide) groups is 1. The van der Waals surface area contributed by atoms with Crippen LogP contribution in [0.2, 0.25) is 0 Å². The van der Waals surface area contributed by atoms with Gasteiger partial charge in [-0.15, -0.1) is 11.8 Å². The highest BCUT2D eigenvalue weighted by atomic mass is 32.2. The van der Waals surface area contributed by atoms with Crippen LogP contribution >= 0.6 is 11.8 Å². The first-order valence-corrected chi connectivity index (χ1v) is 10.5. The third kappa shape index (κ3) is 4.38. The number of rotatable bonds is 7. The summed E-state index contributed by atoms with van der Waals surface area (Å²) in [6.45, 7) is -0.0731. The molecule has 0 atom stereocenters. The highest BCUT2D eigenvalue weighted by molar-refractivity contribution is 7.98. The second kappa shape index (κ2) is 8.92. The van der Waals surface area contributed by atoms with Gasteiger partial charge in [-0.05, 0) is 18.4 Å². The molecule has 0 aliphatic rings. The van der Waals surface area contributed by atoms with E-state index in [1.54, 1.807) is 31.4 Å². The van der Waals surface area contributed by atoms with Crippen molar-refractivity contribution in [2.75, 3.05) is 24.4 Å². The van der Waals surface area contributed by atoms with Crippen LogP contribution in [0.5, 0.6) is 5.75 Å². The molecule has 0 saturated carbocycles. The predicted octanol–water partition coefficient (Wildman–Crippen LogP) is 3.55. The molecule has 1 amide bonds. The lowest BCUT2D eigenvalue weighted by atomic mass is 10.2. The number of hydrogen-bond acceptors (Lipinski definition) is 8. The van der Waals surface area contributed by atoms with E-state index in [2.05, 4.69) is 20.6 Å². The van der Waals surface area contributed by atoms with Gasteiger partial charge in [0.2, 0.25) is 11.7 Å². The highest BCUT2D eigenvalue weighted by Crippen LogP contribution is 2.34. The smallest absolute Gasteiger partial charge is 0.264 e. The summed E-state index contributed by atoms with van der Waals surface area (Å²) in [7, 11) is 1.57. The Hall–Kier alpha value is -3.79. The fraction of sp³-hybridized carbons (Fsp3) is 0.143. The maximum absolute atomic E-state index is 12.5. The van der Waals surface area contributed by atoms with Gasteiger partial charge in [0, 0.05) is 17.3 Å². The average molecular weight is 436 g/mol. The van der Waals surface area contributed by atoms with Gasteiger partial charge in [0.15, 0.2) is 0 Å². The molecule has 0 aliphatic heterocycles. The third-order valence-electron chi connectivity index (χ3n) is 4.47. The van der Waals surface area contributed by atoms with Crippen molar-refractivity contribution in [2.45, 2.75) is 11.6 Å². The van der Waals surface area contributed by atoms with Crippen LogP contribution in [0.3, 0.4) is 0 Å². The van der Waals surface area contributed by atoms with E-state index in [-0.39, 0.29) is 24.2 Å². The maximum atomic E-state index is 12.5. The van der Waals surface area contributed by atoms with Crippen LogP contribution in [-0.4, -0.2) is 39.2 Å². The number of benzene rings is 2. The number of ether oxygens (including phenoxy) is 1. The minimum absolute atomic E-state index is 0.0731. The van der Waals surface area contributed by atoms with Crippen LogP contribution < -0.4 is 15.8 Å². The van der Waals surface area contributed by atoms with E-state index >= 15 is 0 Å². The van der Waals surface area contributed by atoms with Crippen molar-refractivity contribution < 1.29 is 14.1 Å². The number of aromatic nitrogens is 4. The molecule has 0 unspecified atom stereocenters. The topological polar surface area (TPSA) is 121 Å². The molecule has 0 spiro atoms. The van der Waals surface area contributed by atoms with Crippen molar-refractivity contribution in [2.24, 2.45) is 0 Å². The molecule has 0 saturated heterocycles. The molecule has 0 aliphatic carbocycles. The first-order valence-electron chi connectivity index (χ1n) is 9.32. The fourth-order valence-corrected chi connectivity index (χ4v) is 3.56. The van der Waals surface area contributed by atoms with Crippen LogP contribution in [-0.2, 0) is 11.3 Å². The highest BCUT2D eigenvalue weighted by Gasteiger charge is 2.23. The minimum Gasteiger partial charge on any atom is -0.497 e. The molecule has 31 heavy (non-hydrogen) atoms. The first-order chi connectivity index (χ1) is 15.1. The van der Waals surface area contributed by atoms with E-state index in [9.17, 15) is 4.79 Å². The van der Waals surface area contributed by atoms with E-state index in [4.69, 9.17) is 15.0 Å². The SMILES string of the molecule is COc1cccc(NC(=O)Cn2nc(SC)c(-c3nc(-c4ccccc4)no3)c2N)c1. The maximum Gasteiger partial charge on any atom is 0.264 e. The van der Waals surface area contributed by atoms with Gasteiger partial charge in [-0.1, -0.05) is 41.6 Å². The van der Waals surface area contributed by atoms with Crippen molar-refractivity contribution in [3.05, 3.63) is 54.6 Å². The van der Waals surface area contributed by atoms with Gasteiger partial charge in [0.05, 0.1) is 7.11 Å². The van der Waals surface area contributed by atoms with Gasteiger partial charge in [0.25, 0.3) is 5.89 Å². The number of hydrogen-bond donors (Lipinski definition) is 2. The van der Waals surface area contributed by atoms with Crippen molar-refractivity contribution in [3.63, 3.8) is 0 Å². The molecule has 2 heterocycles. The Kier molecular flexibility index (Phi) is 5.89. The summed E-state index contributed by atoms with van der Waals surface area (Å²) in [4.78, 5) is 17.0. The van der Waals surface area contributed by atoms with E-state index in [0.717, 1.165) is 5.56 Å². The molecular weight excluding hydrogens is 416 g/mol. The van der Waals surface area contributed by atoms with Gasteiger partial charge in [-0.2, -0.15) is 10.1 Å². The van der Waals surface area contributed by atoms with Gasteiger partial charge < -0.3 is 20.3 Å². The van der Waals surface area contributed by atoms with Crippen LogP contribution in [0.25, 0.3) is 22.8 Å². The number of anilines is 2. The number of nitrogens with zero attached hydrogens (tertiary/aromatic N) is 4. The van der Waals surface area contributed by atoms with E-state index < -0.39 is 0 Å². The normalized spacial score (nSPS) is 10.8. The predicted molar refractivity (Wildman–Crippen MR) is 119 cm³/mol. The Morgan fingerprint density at radius 3 is 2.77 bits per heavy atom. The Labute approximate surface area is 182 Å². The molecule has 9 nitrogen and oxygen atoms in total. The number of carbonyl (C=O) groups is 1. The number of nitrogens with one attached hydrogen (secondary N) is 1. The summed E-state index contributed by atoms with van der Waals surface area (Å²) in [5.41, 5.74) is 8.26. The summed E-state index contributed by atoms with van der Waals surface area (Å²) in [6, 6.07) is 16.6. The monoisotopic (exact) mass is 436 g/mol. The zero-order valence-corrected chi connectivity index (χ0v) is 17.7. The second-order valence-electron chi connectivity index (χ2n) is 6.50. The molecule has 0 radical (unpaired) electrons. The Morgan fingerprint density at radius 2 is 2.03 bits per heavy atom. The molecule has 10 heteroatoms. The summed E-state index contributed by atoms with van der Waals surface area (Å²) in [5, 5.41) is 11.9. The number of nitrogen functional groups attached to an aromatic ring is 1. The first kappa shape index (κ1) is 20.5. The Morgan fingerprint density at radius 1 is 1.23 bits per heavy atom. The molecule has 4 aromatic rings. The molecule has 3 N–H and O–H groups in total. The zero-order chi connectivity index (χ0) is 21.8. The molecular formula is C21H20N6O3S. The Bertz CT molecular complexity index is 1210. The molecule has 2 aromatic heterocycles. The van der Waals surface area contributed by atoms with Crippen molar-refractivity contribution >= 4 is 29.2 Å². The van der Waals surface area contributed by atoms with Crippen molar-refractivity contribution in [3.8, 4) is 28.6 Å². The van der Waals surface area contributed by atoms with Gasteiger partial charge in [-0.3, -0.25) is 4.79 Å². The van der Waals surface area contributed by atoms with Crippen LogP contribution in [0.1, 0.15) is 0 Å². The quantitative estimate of drug-likeness (QED) is 0.422. The average Bonchev–Trinajstić information content (AvgIpc) is 3.39. The standard InChI is InChI=1S/C21H20N6O3S/c1-29-15-10-6-9-14(11-15)23-16(28)12-27-18(22)17(21(25-27)31-2)20-24-19(26-30-20)13-7-4-3-5-8-13/h3-11H,12,22H2,1-2H3,(H,23,28). The zero-order valence-electron chi connectivity index (χ0n) is 16.9. The second-order valence-corrected chi connectivity index (χ2v) is 7.29. The van der Waals surface area contributed by atoms with Crippen LogP contribution in [0, 0.1) is 0 Å². The number of carbonyl (C=O) groups excluding carboxylic acids is 1. The lowest BCUT2D eigenvalue weighted by Gasteiger charge is -2.08. The summed E-state index contributed by atoms with van der Waals surface area (Å²) < 4.78 is 12.0. The fourth-order valence-electron chi connectivity index (χ4n) is 2.98. The van der Waals surface area contributed by atoms with E-state index in [1.807, 2.05) is 36.6 Å². The van der Waals surface area contributed by atoms with Gasteiger partial charge >= 0.3 is 0 Å². The summed E-state index contributed by atoms with van der Waals surface area (Å²) >= 11 is 1.38. The number of nitrogens with two attached hydrogens (primary N) is 1. The summed E-state index contributed by atoms with van der Waals surface area (Å²) in [5.74, 6) is 1.34. The third-order valence-corrected chi connectivity index (χ3v) is 5.14. The minimum atomic E-state index is -0.280. The molecule has 0 bridgehead atoms. The molecule has 158 valence electrons. The number of amides is 1. The lowest BCUT2D eigenvalue weighted by Crippen LogP contribution is -2.20. The van der Waals surface area contributed by atoms with Gasteiger partial charge in [-0.25, -0.2) is 4.68 Å². The lowest BCUT2D eigenvalue weighted by molar-refractivity contribution is -0.116. The Balaban J connectivity index is 1.57. The summed E-state index contributed by atoms with van der Waals surface area (Å²) in [6.07, 6.45) is 1.86. The van der Waals surface area contributed by atoms with Crippen LogP contribution in [0.4, 0.5) is 11.5 Å². The van der Waals surface area contributed by atoms with Gasteiger partial charge in [0.1, 0.15) is 28.7 Å². The van der Waals surface area contributed by atoms with E-state index in [0.29, 0.717) is 27.9 Å². The largest absolute Gasteiger partial charge is 0.497 e. The number of methoxy groups -OCH3 is 1. The van der Waals surface area contributed by atoms with Crippen molar-refractivity contribution in [1.29, 1.82) is 0 Å². The molecule has 2 aromatic carbocycles. The van der Waals surface area contributed by atoms with Crippen LogP contribution in [0.15, 0.2) is 64.1 Å². The van der Waals surface area contributed by atoms with Crippen molar-refractivity contribution in [1.82, 2.24) is 19.9 Å². The molecule has 0 fully saturated rings. The van der Waals surface area contributed by atoms with E-state index in [1.165, 1.54) is 16.4 Å².